The largest absolute Gasteiger partial charge is 0.668 e. The van der Waals surface area contributed by atoms with E-state index < -0.39 is 5.91 Å². The Morgan fingerprint density at radius 2 is 2.00 bits per heavy atom. The third kappa shape index (κ3) is 8.84. The van der Waals surface area contributed by atoms with Crippen molar-refractivity contribution in [3.8, 4) is 0 Å². The molecule has 0 atom stereocenters. The van der Waals surface area contributed by atoms with Crippen LogP contribution in [0.15, 0.2) is 0 Å². The summed E-state index contributed by atoms with van der Waals surface area (Å²) in [5.41, 5.74) is 6.19. The van der Waals surface area contributed by atoms with Crippen LogP contribution < -0.4 is 0 Å². The van der Waals surface area contributed by atoms with Crippen molar-refractivity contribution in [2.75, 3.05) is 0 Å². The summed E-state index contributed by atoms with van der Waals surface area (Å²) in [5.74, 6) is -0.495. The molecule has 0 saturated heterocycles. The van der Waals surface area contributed by atoms with E-state index >= 15 is 0 Å². The van der Waals surface area contributed by atoms with Gasteiger partial charge in [-0.3, -0.25) is 0 Å². The molecule has 2 nitrogen and oxygen atoms in total. The normalized spacial score (nSPS) is 6.17. The first-order valence-electron chi connectivity index (χ1n) is 1.51. The van der Waals surface area contributed by atoms with E-state index in [1.807, 2.05) is 0 Å². The Hall–Kier alpha value is 0.340. The van der Waals surface area contributed by atoms with Crippen LogP contribution in [0.3, 0.4) is 0 Å². The summed E-state index contributed by atoms with van der Waals surface area (Å²) in [6.45, 7) is 1.66. The van der Waals surface area contributed by atoms with Gasteiger partial charge in [0.2, 0.25) is 0 Å². The molecule has 0 aliphatic heterocycles. The standard InChI is InChI=1S/C3H7NO.Sc/c1-2-3(4)5;/h2H2,1H3,(H2,4,5);/p-1. The monoisotopic (exact) mass is 117 g/mol. The Kier molecular flexibility index (Phi) is 8.54. The molecular weight excluding hydrogens is 111 g/mol. The maximum absolute atomic E-state index is 9.48. The molecule has 0 aliphatic rings. The molecule has 0 aromatic carbocycles. The third-order valence-electron chi connectivity index (χ3n) is 0.321. The quantitative estimate of drug-likeness (QED) is 0.504. The van der Waals surface area contributed by atoms with Crippen LogP contribution in [0.5, 0.6) is 0 Å². The van der Waals surface area contributed by atoms with Crippen molar-refractivity contribution in [3.63, 3.8) is 0 Å². The Morgan fingerprint density at radius 3 is 2.00 bits per heavy atom. The first-order valence-corrected chi connectivity index (χ1v) is 1.51. The summed E-state index contributed by atoms with van der Waals surface area (Å²) >= 11 is 0. The van der Waals surface area contributed by atoms with Crippen molar-refractivity contribution in [3.05, 3.63) is 5.73 Å². The topological polar surface area (TPSA) is 40.9 Å². The molecule has 0 spiro atoms. The molecule has 1 radical (unpaired) electrons. The van der Waals surface area contributed by atoms with E-state index in [-0.39, 0.29) is 25.8 Å². The van der Waals surface area contributed by atoms with Crippen molar-refractivity contribution < 1.29 is 30.6 Å². The van der Waals surface area contributed by atoms with Crippen molar-refractivity contribution in [2.24, 2.45) is 0 Å². The maximum atomic E-state index is 9.48. The molecule has 0 unspecified atom stereocenters. The summed E-state index contributed by atoms with van der Waals surface area (Å²) in [6, 6.07) is 0. The molecule has 6 heavy (non-hydrogen) atoms. The van der Waals surface area contributed by atoms with E-state index in [0.717, 1.165) is 0 Å². The molecule has 0 aromatic heterocycles. The number of carbonyl (C=O) groups excluding carboxylic acids is 1. The zero-order chi connectivity index (χ0) is 4.28. The SMILES string of the molecule is CCC([NH-])=O.[Sc]. The molecule has 0 saturated carbocycles. The predicted octanol–water partition coefficient (Wildman–Crippen LogP) is 0.973. The van der Waals surface area contributed by atoms with E-state index in [1.165, 1.54) is 0 Å². The van der Waals surface area contributed by atoms with Gasteiger partial charge in [-0.25, -0.2) is 0 Å². The van der Waals surface area contributed by atoms with Gasteiger partial charge in [0.05, 0.1) is 0 Å². The van der Waals surface area contributed by atoms with Crippen LogP contribution >= 0.6 is 0 Å². The number of amides is 1. The minimum atomic E-state index is -0.495. The van der Waals surface area contributed by atoms with Crippen LogP contribution in [-0.4, -0.2) is 5.91 Å². The smallest absolute Gasteiger partial charge is 0.0484 e. The Labute approximate surface area is 55.9 Å². The minimum Gasteiger partial charge on any atom is -0.668 e. The van der Waals surface area contributed by atoms with E-state index in [0.29, 0.717) is 6.42 Å². The Morgan fingerprint density at radius 1 is 1.83 bits per heavy atom. The fourth-order valence-corrected chi connectivity index (χ4v) is 0. The predicted molar refractivity (Wildman–Crippen MR) is 19.6 cm³/mol. The molecule has 0 rings (SSSR count). The molecule has 3 heteroatoms. The first kappa shape index (κ1) is 9.60. The van der Waals surface area contributed by atoms with Crippen LogP contribution in [0, 0.1) is 0 Å². The van der Waals surface area contributed by atoms with Gasteiger partial charge in [-0.1, -0.05) is 6.92 Å². The fraction of sp³-hybridized carbons (Fsp3) is 0.667. The Balaban J connectivity index is 0. The number of hydrogen-bond acceptors (Lipinski definition) is 1. The molecule has 0 heterocycles. The van der Waals surface area contributed by atoms with Crippen LogP contribution in [0.4, 0.5) is 0 Å². The van der Waals surface area contributed by atoms with Crippen LogP contribution in [0.1, 0.15) is 13.3 Å². The van der Waals surface area contributed by atoms with Crippen molar-refractivity contribution in [1.82, 2.24) is 0 Å². The van der Waals surface area contributed by atoms with Crippen molar-refractivity contribution in [2.45, 2.75) is 13.3 Å². The zero-order valence-corrected chi connectivity index (χ0v) is 5.50. The van der Waals surface area contributed by atoms with Gasteiger partial charge in [0, 0.05) is 31.8 Å². The molecular formula is C3H6NOSc-. The van der Waals surface area contributed by atoms with Crippen molar-refractivity contribution in [1.29, 1.82) is 0 Å². The van der Waals surface area contributed by atoms with E-state index in [9.17, 15) is 4.79 Å². The molecule has 0 bridgehead atoms. The van der Waals surface area contributed by atoms with E-state index in [4.69, 9.17) is 5.73 Å². The third-order valence-corrected chi connectivity index (χ3v) is 0.321. The van der Waals surface area contributed by atoms with Gasteiger partial charge in [0.1, 0.15) is 0 Å². The summed E-state index contributed by atoms with van der Waals surface area (Å²) in [7, 11) is 0. The van der Waals surface area contributed by atoms with E-state index in [2.05, 4.69) is 0 Å². The second-order valence-corrected chi connectivity index (χ2v) is 0.777. The van der Waals surface area contributed by atoms with Gasteiger partial charge in [0.15, 0.2) is 0 Å². The second-order valence-electron chi connectivity index (χ2n) is 0.777. The summed E-state index contributed by atoms with van der Waals surface area (Å²) in [5, 5.41) is 0. The average Bonchev–Trinajstić information content (AvgIpc) is 1.38. The molecule has 33 valence electrons. The number of rotatable bonds is 1. The number of nitrogens with one attached hydrogen (secondary N) is 1. The Bertz CT molecular complexity index is 46.1. The van der Waals surface area contributed by atoms with E-state index in [1.54, 1.807) is 6.92 Å². The maximum Gasteiger partial charge on any atom is 0.0484 e. The molecule has 0 aliphatic carbocycles. The molecule has 0 fully saturated rings. The number of hydrogen-bond donors (Lipinski definition) is 0. The van der Waals surface area contributed by atoms with Gasteiger partial charge in [-0.2, -0.15) is 0 Å². The summed E-state index contributed by atoms with van der Waals surface area (Å²) in [4.78, 5) is 9.48. The van der Waals surface area contributed by atoms with Crippen LogP contribution in [0.25, 0.3) is 5.73 Å². The average molecular weight is 117 g/mol. The van der Waals surface area contributed by atoms with Gasteiger partial charge < -0.3 is 10.5 Å². The first-order chi connectivity index (χ1) is 2.27. The molecule has 1 amide bonds. The van der Waals surface area contributed by atoms with Gasteiger partial charge >= 0.3 is 0 Å². The molecule has 1 N–H and O–H groups in total. The van der Waals surface area contributed by atoms with Gasteiger partial charge in [-0.15, -0.1) is 0 Å². The molecule has 0 aromatic rings. The van der Waals surface area contributed by atoms with Crippen LogP contribution in [0.2, 0.25) is 0 Å². The number of carbonyl (C=O) groups is 1. The zero-order valence-electron chi connectivity index (χ0n) is 3.69. The van der Waals surface area contributed by atoms with Gasteiger partial charge in [-0.05, 0) is 6.42 Å². The second kappa shape index (κ2) is 5.34. The van der Waals surface area contributed by atoms with Crippen molar-refractivity contribution >= 4 is 5.91 Å². The fourth-order valence-electron chi connectivity index (χ4n) is 0. The summed E-state index contributed by atoms with van der Waals surface area (Å²) < 4.78 is 0. The minimum absolute atomic E-state index is 0. The van der Waals surface area contributed by atoms with Gasteiger partial charge in [0.25, 0.3) is 0 Å². The summed E-state index contributed by atoms with van der Waals surface area (Å²) in [6.07, 6.45) is 0.333. The van der Waals surface area contributed by atoms with Crippen LogP contribution in [-0.2, 0) is 30.6 Å².